The molecule has 128 valence electrons. The van der Waals surface area contributed by atoms with Crippen LogP contribution < -0.4 is 5.32 Å². The van der Waals surface area contributed by atoms with Gasteiger partial charge in [-0.15, -0.1) is 0 Å². The van der Waals surface area contributed by atoms with Gasteiger partial charge < -0.3 is 10.4 Å². The number of hydrogen-bond donors (Lipinski definition) is 2. The third-order valence-electron chi connectivity index (χ3n) is 4.88. The molecule has 3 rings (SSSR count). The van der Waals surface area contributed by atoms with Crippen LogP contribution in [0.2, 0.25) is 0 Å². The molecule has 0 aliphatic heterocycles. The summed E-state index contributed by atoms with van der Waals surface area (Å²) in [4.78, 5) is 15.0. The Hall–Kier alpha value is -2.21. The van der Waals surface area contributed by atoms with Crippen LogP contribution in [0.5, 0.6) is 0 Å². The van der Waals surface area contributed by atoms with Crippen LogP contribution in [-0.4, -0.2) is 27.7 Å². The molecule has 1 saturated carbocycles. The molecule has 0 amide bonds. The fourth-order valence-corrected chi connectivity index (χ4v) is 3.57. The maximum absolute atomic E-state index is 11.1. The van der Waals surface area contributed by atoms with Crippen molar-refractivity contribution in [1.82, 2.24) is 4.98 Å². The zero-order chi connectivity index (χ0) is 16.9. The van der Waals surface area contributed by atoms with Crippen LogP contribution in [0.3, 0.4) is 0 Å². The number of aliphatic hydroxyl groups is 1. The molecule has 6 nitrogen and oxygen atoms in total. The number of pyridine rings is 1. The molecule has 2 atom stereocenters. The highest BCUT2D eigenvalue weighted by Gasteiger charge is 2.22. The molecule has 0 saturated heterocycles. The molecule has 0 bridgehead atoms. The topological polar surface area (TPSA) is 88.3 Å². The Kier molecular flexibility index (Phi) is 5.25. The highest BCUT2D eigenvalue weighted by Crippen LogP contribution is 2.30. The van der Waals surface area contributed by atoms with E-state index in [9.17, 15) is 15.2 Å². The Balaban J connectivity index is 1.63. The first-order valence-electron chi connectivity index (χ1n) is 8.61. The predicted molar refractivity (Wildman–Crippen MR) is 94.1 cm³/mol. The van der Waals surface area contributed by atoms with Gasteiger partial charge in [0.1, 0.15) is 5.52 Å². The summed E-state index contributed by atoms with van der Waals surface area (Å²) in [6.45, 7) is 0.771. The van der Waals surface area contributed by atoms with E-state index in [1.807, 2.05) is 0 Å². The number of non-ortho nitro benzene ring substituents is 1. The van der Waals surface area contributed by atoms with Gasteiger partial charge >= 0.3 is 0 Å². The molecular weight excluding hydrogens is 306 g/mol. The van der Waals surface area contributed by atoms with Crippen molar-refractivity contribution in [3.05, 3.63) is 40.6 Å². The highest BCUT2D eigenvalue weighted by molar-refractivity contribution is 5.96. The lowest BCUT2D eigenvalue weighted by Gasteiger charge is -2.27. The van der Waals surface area contributed by atoms with Crippen molar-refractivity contribution in [2.24, 2.45) is 5.92 Å². The van der Waals surface area contributed by atoms with Crippen molar-refractivity contribution >= 4 is 22.3 Å². The fourth-order valence-electron chi connectivity index (χ4n) is 3.57. The molecule has 1 aromatic heterocycles. The van der Waals surface area contributed by atoms with E-state index >= 15 is 0 Å². The standard InChI is InChI=1S/C18H23N3O3/c22-17-8-2-1-5-13(17)6-3-11-19-15-9-10-16(21(23)24)14-7-4-12-20-18(14)15/h4,7,9-10,12-13,17,19,22H,1-3,5-6,8,11H2. The lowest BCUT2D eigenvalue weighted by molar-refractivity contribution is -0.383. The zero-order valence-electron chi connectivity index (χ0n) is 13.6. The Labute approximate surface area is 141 Å². The summed E-state index contributed by atoms with van der Waals surface area (Å²) >= 11 is 0. The Morgan fingerprint density at radius 2 is 2.12 bits per heavy atom. The molecule has 1 aliphatic rings. The normalized spacial score (nSPS) is 20.9. The first-order chi connectivity index (χ1) is 11.7. The lowest BCUT2D eigenvalue weighted by atomic mass is 9.83. The van der Waals surface area contributed by atoms with Crippen molar-refractivity contribution in [3.63, 3.8) is 0 Å². The van der Waals surface area contributed by atoms with E-state index in [2.05, 4.69) is 10.3 Å². The zero-order valence-corrected chi connectivity index (χ0v) is 13.6. The van der Waals surface area contributed by atoms with Crippen molar-refractivity contribution in [2.45, 2.75) is 44.6 Å². The molecule has 2 N–H and O–H groups in total. The van der Waals surface area contributed by atoms with Gasteiger partial charge in [-0.3, -0.25) is 15.1 Å². The number of benzene rings is 1. The summed E-state index contributed by atoms with van der Waals surface area (Å²) in [5, 5.41) is 25.0. The maximum atomic E-state index is 11.1. The number of nitro benzene ring substituents is 1. The molecule has 1 aliphatic carbocycles. The number of hydrogen-bond acceptors (Lipinski definition) is 5. The van der Waals surface area contributed by atoms with E-state index in [0.717, 1.165) is 44.3 Å². The van der Waals surface area contributed by atoms with E-state index in [1.54, 1.807) is 24.4 Å². The molecule has 0 spiro atoms. The van der Waals surface area contributed by atoms with Crippen molar-refractivity contribution < 1.29 is 10.0 Å². The van der Waals surface area contributed by atoms with E-state index in [-0.39, 0.29) is 16.7 Å². The summed E-state index contributed by atoms with van der Waals surface area (Å²) in [7, 11) is 0. The minimum atomic E-state index is -0.377. The van der Waals surface area contributed by atoms with E-state index in [4.69, 9.17) is 0 Å². The molecular formula is C18H23N3O3. The Bertz CT molecular complexity index is 720. The number of nitro groups is 1. The highest BCUT2D eigenvalue weighted by atomic mass is 16.6. The number of anilines is 1. The number of rotatable bonds is 6. The molecule has 1 heterocycles. The van der Waals surface area contributed by atoms with Crippen LogP contribution in [0.1, 0.15) is 38.5 Å². The predicted octanol–water partition coefficient (Wildman–Crippen LogP) is 3.89. The third kappa shape index (κ3) is 3.64. The summed E-state index contributed by atoms with van der Waals surface area (Å²) in [5.74, 6) is 0.410. The van der Waals surface area contributed by atoms with Crippen LogP contribution in [0.25, 0.3) is 10.9 Å². The third-order valence-corrected chi connectivity index (χ3v) is 4.88. The van der Waals surface area contributed by atoms with Crippen LogP contribution in [0.4, 0.5) is 11.4 Å². The lowest BCUT2D eigenvalue weighted by Crippen LogP contribution is -2.24. The molecule has 1 fully saturated rings. The molecule has 24 heavy (non-hydrogen) atoms. The SMILES string of the molecule is O=[N+]([O-])c1ccc(NCCCC2CCCCC2O)c2ncccc12. The summed E-state index contributed by atoms with van der Waals surface area (Å²) in [5.41, 5.74) is 1.53. The molecule has 1 aromatic carbocycles. The Morgan fingerprint density at radius 1 is 1.29 bits per heavy atom. The molecule has 6 heteroatoms. The van der Waals surface area contributed by atoms with Gasteiger partial charge in [-0.25, -0.2) is 0 Å². The minimum Gasteiger partial charge on any atom is -0.393 e. The van der Waals surface area contributed by atoms with Gasteiger partial charge in [0.2, 0.25) is 0 Å². The second-order valence-electron chi connectivity index (χ2n) is 6.47. The van der Waals surface area contributed by atoms with Crippen molar-refractivity contribution in [2.75, 3.05) is 11.9 Å². The average Bonchev–Trinajstić information content (AvgIpc) is 2.59. The fraction of sp³-hybridized carbons (Fsp3) is 0.500. The van der Waals surface area contributed by atoms with Gasteiger partial charge in [0, 0.05) is 18.8 Å². The first-order valence-corrected chi connectivity index (χ1v) is 8.61. The monoisotopic (exact) mass is 329 g/mol. The second kappa shape index (κ2) is 7.57. The molecule has 2 aromatic rings. The van der Waals surface area contributed by atoms with Gasteiger partial charge in [-0.2, -0.15) is 0 Å². The van der Waals surface area contributed by atoms with Crippen LogP contribution in [-0.2, 0) is 0 Å². The minimum absolute atomic E-state index is 0.0778. The summed E-state index contributed by atoms with van der Waals surface area (Å²) in [6.07, 6.45) is 7.86. The number of fused-ring (bicyclic) bond motifs is 1. The molecule has 0 radical (unpaired) electrons. The average molecular weight is 329 g/mol. The van der Waals surface area contributed by atoms with E-state index in [1.165, 1.54) is 12.5 Å². The van der Waals surface area contributed by atoms with E-state index < -0.39 is 0 Å². The number of aromatic nitrogens is 1. The smallest absolute Gasteiger partial charge is 0.278 e. The van der Waals surface area contributed by atoms with Gasteiger partial charge in [-0.05, 0) is 49.8 Å². The van der Waals surface area contributed by atoms with Crippen molar-refractivity contribution in [3.8, 4) is 0 Å². The number of aliphatic hydroxyl groups excluding tert-OH is 1. The van der Waals surface area contributed by atoms with Crippen LogP contribution >= 0.6 is 0 Å². The van der Waals surface area contributed by atoms with Gasteiger partial charge in [-0.1, -0.05) is 12.8 Å². The van der Waals surface area contributed by atoms with E-state index in [0.29, 0.717) is 16.8 Å². The summed E-state index contributed by atoms with van der Waals surface area (Å²) in [6, 6.07) is 6.69. The summed E-state index contributed by atoms with van der Waals surface area (Å²) < 4.78 is 0. The van der Waals surface area contributed by atoms with Crippen LogP contribution in [0, 0.1) is 16.0 Å². The van der Waals surface area contributed by atoms with Gasteiger partial charge in [0.25, 0.3) is 5.69 Å². The Morgan fingerprint density at radius 3 is 2.92 bits per heavy atom. The largest absolute Gasteiger partial charge is 0.393 e. The number of nitrogens with zero attached hydrogens (tertiary/aromatic N) is 2. The first kappa shape index (κ1) is 16.6. The van der Waals surface area contributed by atoms with Gasteiger partial charge in [0.05, 0.1) is 22.1 Å². The second-order valence-corrected chi connectivity index (χ2v) is 6.47. The number of nitrogens with one attached hydrogen (secondary N) is 1. The van der Waals surface area contributed by atoms with Crippen LogP contribution in [0.15, 0.2) is 30.5 Å². The van der Waals surface area contributed by atoms with Gasteiger partial charge in [0.15, 0.2) is 0 Å². The quantitative estimate of drug-likeness (QED) is 0.477. The van der Waals surface area contributed by atoms with Crippen molar-refractivity contribution in [1.29, 1.82) is 0 Å². The maximum Gasteiger partial charge on any atom is 0.278 e. The molecule has 2 unspecified atom stereocenters.